The first-order valence-corrected chi connectivity index (χ1v) is 30.7. The molecule has 0 amide bonds. The highest BCUT2D eigenvalue weighted by molar-refractivity contribution is 4.90. The fourth-order valence-electron chi connectivity index (χ4n) is 16.8. The quantitative estimate of drug-likeness (QED) is 0.0712. The molecule has 2 unspecified atom stereocenters. The van der Waals surface area contributed by atoms with E-state index in [9.17, 15) is 0 Å². The van der Waals surface area contributed by atoms with Crippen LogP contribution in [0.3, 0.4) is 0 Å². The van der Waals surface area contributed by atoms with Crippen LogP contribution in [0.4, 0.5) is 0 Å². The summed E-state index contributed by atoms with van der Waals surface area (Å²) in [5, 5.41) is 0. The van der Waals surface area contributed by atoms with Gasteiger partial charge in [0.1, 0.15) is 0 Å². The fourth-order valence-corrected chi connectivity index (χ4v) is 16.8. The predicted molar refractivity (Wildman–Crippen MR) is 276 cm³/mol. The van der Waals surface area contributed by atoms with Gasteiger partial charge in [0.15, 0.2) is 0 Å². The van der Waals surface area contributed by atoms with Gasteiger partial charge in [-0.1, -0.05) is 182 Å². The lowest BCUT2D eigenvalue weighted by molar-refractivity contribution is 0.0302. The van der Waals surface area contributed by atoms with E-state index in [1.54, 1.807) is 103 Å². The molecule has 0 heterocycles. The number of ether oxygens (including phenoxy) is 1. The Hall–Kier alpha value is -0.0400. The number of hydrogen-bond acceptors (Lipinski definition) is 1. The zero-order valence-corrected chi connectivity index (χ0v) is 43.6. The minimum atomic E-state index is 0.942. The topological polar surface area (TPSA) is 9.23 Å². The van der Waals surface area contributed by atoms with Crippen LogP contribution in [-0.2, 0) is 4.74 Å². The Labute approximate surface area is 396 Å². The molecule has 2 atom stereocenters. The third-order valence-electron chi connectivity index (χ3n) is 21.0. The SMILES string of the molecule is CCCCC[C@H]1CC[C@H](C(CCOCCC([C@H]2CC[C@H](CCCCC)CC2)[C@H]2CC[C@H]([C@H]3CC[C@H](CCCCC)CC3)CC2)[C@H]2CC[C@H]([C@H]3CC[C@H](CCCCC)CC3)CC2)CC1. The molecule has 1 nitrogen and oxygen atoms in total. The van der Waals surface area contributed by atoms with Gasteiger partial charge in [0.25, 0.3) is 0 Å². The molecule has 0 bridgehead atoms. The molecule has 368 valence electrons. The second kappa shape index (κ2) is 30.4. The Morgan fingerprint density at radius 3 is 0.762 bits per heavy atom. The Balaban J connectivity index is 0.984. The van der Waals surface area contributed by atoms with Crippen LogP contribution in [0.15, 0.2) is 0 Å². The van der Waals surface area contributed by atoms with Crippen LogP contribution in [0.5, 0.6) is 0 Å². The summed E-state index contributed by atoms with van der Waals surface area (Å²) in [6.07, 6.45) is 63.3. The molecular formula is C62H114O. The van der Waals surface area contributed by atoms with Gasteiger partial charge in [-0.2, -0.15) is 0 Å². The second-order valence-corrected chi connectivity index (χ2v) is 25.0. The van der Waals surface area contributed by atoms with Gasteiger partial charge in [0.2, 0.25) is 0 Å². The van der Waals surface area contributed by atoms with E-state index < -0.39 is 0 Å². The first kappa shape index (κ1) is 52.3. The lowest BCUT2D eigenvalue weighted by atomic mass is 9.63. The standard InChI is InChI=1S/C62H114O/c1-5-9-13-17-49-21-29-53(30-22-49)55-37-41-59(42-38-55)61(57-33-25-51(26-34-57)19-15-11-7-3)45-47-63-48-46-62(58-35-27-52(28-36-58)20-16-12-8-4)60-43-39-56(40-44-60)54-31-23-50(24-32-54)18-14-10-6-2/h49-62H,5-48H2,1-4H3/t49-,50-,51-,52-,53-,54-,55-,56-,57-,58-,59-,60-,61?,62?. The van der Waals surface area contributed by atoms with Crippen molar-refractivity contribution < 1.29 is 4.74 Å². The van der Waals surface area contributed by atoms with Crippen molar-refractivity contribution in [1.29, 1.82) is 0 Å². The van der Waals surface area contributed by atoms with Crippen molar-refractivity contribution >= 4 is 0 Å². The molecule has 0 N–H and O–H groups in total. The Morgan fingerprint density at radius 1 is 0.286 bits per heavy atom. The highest BCUT2D eigenvalue weighted by atomic mass is 16.5. The van der Waals surface area contributed by atoms with Crippen LogP contribution in [0, 0.1) is 82.9 Å². The predicted octanol–water partition coefficient (Wildman–Crippen LogP) is 20.2. The average Bonchev–Trinajstić information content (AvgIpc) is 3.33. The van der Waals surface area contributed by atoms with E-state index in [-0.39, 0.29) is 0 Å². The molecule has 0 aromatic rings. The molecule has 1 heteroatoms. The second-order valence-electron chi connectivity index (χ2n) is 25.0. The molecule has 6 aliphatic rings. The van der Waals surface area contributed by atoms with Crippen LogP contribution in [0.2, 0.25) is 0 Å². The Morgan fingerprint density at radius 2 is 0.508 bits per heavy atom. The Bertz CT molecular complexity index is 994. The number of hydrogen-bond donors (Lipinski definition) is 0. The van der Waals surface area contributed by atoms with E-state index in [1.807, 2.05) is 0 Å². The first-order chi connectivity index (χ1) is 31.1. The van der Waals surface area contributed by atoms with Crippen molar-refractivity contribution in [3.63, 3.8) is 0 Å². The van der Waals surface area contributed by atoms with E-state index >= 15 is 0 Å². The summed E-state index contributed by atoms with van der Waals surface area (Å²) >= 11 is 0. The summed E-state index contributed by atoms with van der Waals surface area (Å²) in [5.74, 6) is 14.3. The van der Waals surface area contributed by atoms with Crippen molar-refractivity contribution in [2.24, 2.45) is 82.9 Å². The van der Waals surface area contributed by atoms with Crippen LogP contribution in [0.1, 0.15) is 297 Å². The summed E-state index contributed by atoms with van der Waals surface area (Å²) in [7, 11) is 0. The molecule has 0 aromatic heterocycles. The molecule has 0 spiro atoms. The van der Waals surface area contributed by atoms with Crippen molar-refractivity contribution in [3.8, 4) is 0 Å². The van der Waals surface area contributed by atoms with Gasteiger partial charge in [-0.15, -0.1) is 0 Å². The van der Waals surface area contributed by atoms with Crippen molar-refractivity contribution in [3.05, 3.63) is 0 Å². The third-order valence-corrected chi connectivity index (χ3v) is 21.0. The molecule has 6 aliphatic carbocycles. The average molecular weight is 876 g/mol. The van der Waals surface area contributed by atoms with Gasteiger partial charge in [0, 0.05) is 13.2 Å². The lowest BCUT2D eigenvalue weighted by Gasteiger charge is -2.43. The van der Waals surface area contributed by atoms with E-state index in [0.29, 0.717) is 0 Å². The molecule has 63 heavy (non-hydrogen) atoms. The first-order valence-electron chi connectivity index (χ1n) is 30.7. The van der Waals surface area contributed by atoms with Crippen LogP contribution in [0.25, 0.3) is 0 Å². The molecule has 0 aromatic carbocycles. The summed E-state index contributed by atoms with van der Waals surface area (Å²) in [4.78, 5) is 0. The monoisotopic (exact) mass is 875 g/mol. The highest BCUT2D eigenvalue weighted by Crippen LogP contribution is 2.50. The minimum absolute atomic E-state index is 0.942. The smallest absolute Gasteiger partial charge is 0.0468 e. The van der Waals surface area contributed by atoms with Crippen LogP contribution in [-0.4, -0.2) is 13.2 Å². The maximum absolute atomic E-state index is 6.95. The summed E-state index contributed by atoms with van der Waals surface area (Å²) in [6.45, 7) is 11.6. The van der Waals surface area contributed by atoms with Gasteiger partial charge >= 0.3 is 0 Å². The molecule has 0 aliphatic heterocycles. The van der Waals surface area contributed by atoms with Crippen molar-refractivity contribution in [1.82, 2.24) is 0 Å². The van der Waals surface area contributed by atoms with Gasteiger partial charge in [-0.3, -0.25) is 0 Å². The summed E-state index contributed by atoms with van der Waals surface area (Å²) in [5.41, 5.74) is 0. The van der Waals surface area contributed by atoms with E-state index in [2.05, 4.69) is 27.7 Å². The molecule has 6 rings (SSSR count). The zero-order chi connectivity index (χ0) is 43.9. The summed E-state index contributed by atoms with van der Waals surface area (Å²) < 4.78 is 6.95. The van der Waals surface area contributed by atoms with Crippen LogP contribution < -0.4 is 0 Å². The normalized spacial score (nSPS) is 35.6. The summed E-state index contributed by atoms with van der Waals surface area (Å²) in [6, 6.07) is 0. The fraction of sp³-hybridized carbons (Fsp3) is 1.00. The van der Waals surface area contributed by atoms with Crippen molar-refractivity contribution in [2.45, 2.75) is 297 Å². The maximum atomic E-state index is 6.95. The minimum Gasteiger partial charge on any atom is -0.381 e. The molecule has 6 saturated carbocycles. The number of rotatable bonds is 28. The molecule has 0 radical (unpaired) electrons. The molecule has 0 saturated heterocycles. The largest absolute Gasteiger partial charge is 0.381 e. The molecule has 6 fully saturated rings. The van der Waals surface area contributed by atoms with Crippen LogP contribution >= 0.6 is 0 Å². The Kier molecular flexibility index (Phi) is 25.3. The third kappa shape index (κ3) is 17.8. The highest BCUT2D eigenvalue weighted by Gasteiger charge is 2.39. The lowest BCUT2D eigenvalue weighted by Crippen LogP contribution is -2.34. The van der Waals surface area contributed by atoms with E-state index in [1.165, 1.54) is 167 Å². The van der Waals surface area contributed by atoms with Gasteiger partial charge in [-0.25, -0.2) is 0 Å². The zero-order valence-electron chi connectivity index (χ0n) is 43.6. The number of unbranched alkanes of at least 4 members (excludes halogenated alkanes) is 8. The van der Waals surface area contributed by atoms with Crippen molar-refractivity contribution in [2.75, 3.05) is 13.2 Å². The van der Waals surface area contributed by atoms with Gasteiger partial charge < -0.3 is 4.74 Å². The van der Waals surface area contributed by atoms with E-state index in [0.717, 1.165) is 96.1 Å². The van der Waals surface area contributed by atoms with Gasteiger partial charge in [0.05, 0.1) is 0 Å². The van der Waals surface area contributed by atoms with Gasteiger partial charge in [-0.05, 0) is 198 Å². The van der Waals surface area contributed by atoms with E-state index in [4.69, 9.17) is 4.74 Å². The molecular weight excluding hydrogens is 761 g/mol. The maximum Gasteiger partial charge on any atom is 0.0468 e.